The third kappa shape index (κ3) is 1.10. The number of hydrogen-bond acceptors (Lipinski definition) is 3. The molecule has 0 bridgehead atoms. The van der Waals surface area contributed by atoms with Crippen LogP contribution in [0.25, 0.3) is 0 Å². The first-order valence-electron chi connectivity index (χ1n) is 3.36. The highest BCUT2D eigenvalue weighted by Gasteiger charge is 2.31. The van der Waals surface area contributed by atoms with Gasteiger partial charge >= 0.3 is 0 Å². The third-order valence-electron chi connectivity index (χ3n) is 1.81. The smallest absolute Gasteiger partial charge is 0.156 e. The highest BCUT2D eigenvalue weighted by molar-refractivity contribution is 5.15. The Kier molecular flexibility index (Phi) is 1.89. The Balaban J connectivity index is 2.67. The van der Waals surface area contributed by atoms with Crippen LogP contribution in [0.2, 0.25) is 0 Å². The number of nitrogens with zero attached hydrogens (tertiary/aromatic N) is 2. The van der Waals surface area contributed by atoms with Gasteiger partial charge in [-0.3, -0.25) is 0 Å². The van der Waals surface area contributed by atoms with Gasteiger partial charge in [0.15, 0.2) is 5.41 Å². The van der Waals surface area contributed by atoms with E-state index in [1.807, 2.05) is 12.1 Å². The molecule has 10 heavy (non-hydrogen) atoms. The summed E-state index contributed by atoms with van der Waals surface area (Å²) in [6.07, 6.45) is 1.65. The lowest BCUT2D eigenvalue weighted by molar-refractivity contribution is 0.366. The minimum Gasteiger partial charge on any atom is -0.314 e. The third-order valence-corrected chi connectivity index (χ3v) is 1.81. The largest absolute Gasteiger partial charge is 0.314 e. The molecule has 1 fully saturated rings. The highest BCUT2D eigenvalue weighted by atomic mass is 14.9. The van der Waals surface area contributed by atoms with Gasteiger partial charge in [0.05, 0.1) is 12.1 Å². The Hall–Kier alpha value is -1.06. The summed E-state index contributed by atoms with van der Waals surface area (Å²) >= 11 is 0. The molecule has 0 radical (unpaired) electrons. The summed E-state index contributed by atoms with van der Waals surface area (Å²) in [4.78, 5) is 0. The van der Waals surface area contributed by atoms with Gasteiger partial charge in [0.25, 0.3) is 0 Å². The zero-order valence-electron chi connectivity index (χ0n) is 5.72. The quantitative estimate of drug-likeness (QED) is 0.523. The van der Waals surface area contributed by atoms with Crippen molar-refractivity contribution in [1.29, 1.82) is 10.5 Å². The van der Waals surface area contributed by atoms with Crippen LogP contribution < -0.4 is 5.32 Å². The zero-order chi connectivity index (χ0) is 7.45. The van der Waals surface area contributed by atoms with E-state index in [9.17, 15) is 0 Å². The van der Waals surface area contributed by atoms with E-state index in [1.54, 1.807) is 0 Å². The van der Waals surface area contributed by atoms with Crippen LogP contribution in [0, 0.1) is 28.1 Å². The van der Waals surface area contributed by atoms with Crippen LogP contribution in [-0.4, -0.2) is 13.1 Å². The lowest BCUT2D eigenvalue weighted by Crippen LogP contribution is -2.37. The summed E-state index contributed by atoms with van der Waals surface area (Å²) in [5.41, 5.74) is -0.738. The molecule has 0 aromatic rings. The van der Waals surface area contributed by atoms with Gasteiger partial charge in [-0.1, -0.05) is 0 Å². The highest BCUT2D eigenvalue weighted by Crippen LogP contribution is 2.23. The molecule has 0 atom stereocenters. The lowest BCUT2D eigenvalue weighted by Gasteiger charge is -2.23. The summed E-state index contributed by atoms with van der Waals surface area (Å²) in [7, 11) is 0. The van der Waals surface area contributed by atoms with E-state index >= 15 is 0 Å². The lowest BCUT2D eigenvalue weighted by atomic mass is 9.84. The SMILES string of the molecule is N#CC1(C#N)CCCNC1. The minimum absolute atomic E-state index is 0.528. The fraction of sp³-hybridized carbons (Fsp3) is 0.714. The maximum absolute atomic E-state index is 8.63. The fourth-order valence-electron chi connectivity index (χ4n) is 1.12. The monoisotopic (exact) mass is 135 g/mol. The maximum atomic E-state index is 8.63. The van der Waals surface area contributed by atoms with Crippen molar-refractivity contribution < 1.29 is 0 Å². The van der Waals surface area contributed by atoms with E-state index < -0.39 is 5.41 Å². The summed E-state index contributed by atoms with van der Waals surface area (Å²) < 4.78 is 0. The Morgan fingerprint density at radius 3 is 2.30 bits per heavy atom. The van der Waals surface area contributed by atoms with Crippen LogP contribution in [0.4, 0.5) is 0 Å². The van der Waals surface area contributed by atoms with Crippen molar-refractivity contribution in [2.75, 3.05) is 13.1 Å². The van der Waals surface area contributed by atoms with E-state index in [0.29, 0.717) is 13.0 Å². The van der Waals surface area contributed by atoms with Crippen molar-refractivity contribution in [2.45, 2.75) is 12.8 Å². The van der Waals surface area contributed by atoms with E-state index in [1.165, 1.54) is 0 Å². The molecule has 1 N–H and O–H groups in total. The molecule has 1 aliphatic heterocycles. The minimum atomic E-state index is -0.738. The molecule has 0 aromatic carbocycles. The van der Waals surface area contributed by atoms with Gasteiger partial charge in [-0.2, -0.15) is 10.5 Å². The Bertz CT molecular complexity index is 174. The van der Waals surface area contributed by atoms with Gasteiger partial charge < -0.3 is 5.32 Å². The molecule has 52 valence electrons. The Morgan fingerprint density at radius 1 is 1.30 bits per heavy atom. The van der Waals surface area contributed by atoms with E-state index in [-0.39, 0.29) is 0 Å². The summed E-state index contributed by atoms with van der Waals surface area (Å²) in [5, 5.41) is 20.3. The molecule has 0 amide bonds. The van der Waals surface area contributed by atoms with Crippen LogP contribution in [-0.2, 0) is 0 Å². The molecule has 0 unspecified atom stereocenters. The molecule has 3 heteroatoms. The molecule has 0 aromatic heterocycles. The summed E-state index contributed by atoms with van der Waals surface area (Å²) in [5.74, 6) is 0. The molecule has 3 nitrogen and oxygen atoms in total. The molecule has 0 aliphatic carbocycles. The van der Waals surface area contributed by atoms with Crippen LogP contribution >= 0.6 is 0 Å². The second-order valence-corrected chi connectivity index (χ2v) is 2.59. The molecule has 1 heterocycles. The first-order chi connectivity index (χ1) is 4.83. The van der Waals surface area contributed by atoms with Crippen LogP contribution in [0.15, 0.2) is 0 Å². The van der Waals surface area contributed by atoms with Crippen LogP contribution in [0.3, 0.4) is 0 Å². The fourth-order valence-corrected chi connectivity index (χ4v) is 1.12. The Morgan fingerprint density at radius 2 is 2.00 bits per heavy atom. The van der Waals surface area contributed by atoms with Crippen molar-refractivity contribution in [2.24, 2.45) is 5.41 Å². The Labute approximate surface area is 60.3 Å². The van der Waals surface area contributed by atoms with Gasteiger partial charge in [-0.05, 0) is 19.4 Å². The standard InChI is InChI=1S/C7H9N3/c8-4-7(5-9)2-1-3-10-6-7/h10H,1-3,6H2. The molecule has 0 spiro atoms. The van der Waals surface area contributed by atoms with Gasteiger partial charge in [0.2, 0.25) is 0 Å². The predicted molar refractivity (Wildman–Crippen MR) is 35.8 cm³/mol. The van der Waals surface area contributed by atoms with Gasteiger partial charge in [0.1, 0.15) is 0 Å². The van der Waals surface area contributed by atoms with Crippen molar-refractivity contribution in [3.8, 4) is 12.1 Å². The molecule has 1 rings (SSSR count). The van der Waals surface area contributed by atoms with Gasteiger partial charge in [-0.25, -0.2) is 0 Å². The molecule has 0 saturated carbocycles. The topological polar surface area (TPSA) is 59.6 Å². The van der Waals surface area contributed by atoms with E-state index in [0.717, 1.165) is 13.0 Å². The van der Waals surface area contributed by atoms with Crippen molar-refractivity contribution in [3.63, 3.8) is 0 Å². The number of nitrogens with one attached hydrogen (secondary N) is 1. The second kappa shape index (κ2) is 2.68. The maximum Gasteiger partial charge on any atom is 0.156 e. The number of rotatable bonds is 0. The van der Waals surface area contributed by atoms with Crippen molar-refractivity contribution in [3.05, 3.63) is 0 Å². The summed E-state index contributed by atoms with van der Waals surface area (Å²) in [6.45, 7) is 1.46. The molecular weight excluding hydrogens is 126 g/mol. The zero-order valence-corrected chi connectivity index (χ0v) is 5.72. The second-order valence-electron chi connectivity index (χ2n) is 2.59. The number of nitriles is 2. The molecule has 1 saturated heterocycles. The van der Waals surface area contributed by atoms with Gasteiger partial charge in [-0.15, -0.1) is 0 Å². The first-order valence-corrected chi connectivity index (χ1v) is 3.36. The van der Waals surface area contributed by atoms with Gasteiger partial charge in [0, 0.05) is 6.54 Å². The normalized spacial score (nSPS) is 22.6. The van der Waals surface area contributed by atoms with Crippen LogP contribution in [0.5, 0.6) is 0 Å². The van der Waals surface area contributed by atoms with Crippen LogP contribution in [0.1, 0.15) is 12.8 Å². The number of piperidine rings is 1. The van der Waals surface area contributed by atoms with E-state index in [2.05, 4.69) is 5.32 Å². The van der Waals surface area contributed by atoms with Crippen molar-refractivity contribution in [1.82, 2.24) is 5.32 Å². The first kappa shape index (κ1) is 7.05. The number of hydrogen-bond donors (Lipinski definition) is 1. The summed E-state index contributed by atoms with van der Waals surface area (Å²) in [6, 6.07) is 4.09. The molecule has 1 aliphatic rings. The van der Waals surface area contributed by atoms with E-state index in [4.69, 9.17) is 10.5 Å². The average Bonchev–Trinajstić information content (AvgIpc) is 2.06. The average molecular weight is 135 g/mol. The molecular formula is C7H9N3. The van der Waals surface area contributed by atoms with Crippen molar-refractivity contribution >= 4 is 0 Å². The predicted octanol–water partition coefficient (Wildman–Crippen LogP) is 0.403.